The Hall–Kier alpha value is -1.10. The van der Waals surface area contributed by atoms with Gasteiger partial charge in [-0.05, 0) is 0 Å². The Morgan fingerprint density at radius 1 is 1.36 bits per heavy atom. The van der Waals surface area contributed by atoms with Crippen molar-refractivity contribution >= 4 is 11.8 Å². The zero-order chi connectivity index (χ0) is 8.69. The summed E-state index contributed by atoms with van der Waals surface area (Å²) in [6, 6.07) is 0. The fraction of sp³-hybridized carbons (Fsp3) is 0.667. The second-order valence-corrected chi connectivity index (χ2v) is 1.92. The third-order valence-corrected chi connectivity index (χ3v) is 1.03. The monoisotopic (exact) mass is 160 g/mol. The molecule has 0 aromatic rings. The third kappa shape index (κ3) is 5.35. The van der Waals surface area contributed by atoms with Gasteiger partial charge in [0.1, 0.15) is 6.42 Å². The van der Waals surface area contributed by atoms with E-state index in [-0.39, 0.29) is 31.4 Å². The molecule has 0 spiro atoms. The summed E-state index contributed by atoms with van der Waals surface area (Å²) in [5, 5.41) is 12.9. The zero-order valence-corrected chi connectivity index (χ0v) is 6.39. The molecule has 0 heterocycles. The van der Waals surface area contributed by atoms with Gasteiger partial charge in [-0.25, -0.2) is 0 Å². The van der Waals surface area contributed by atoms with Gasteiger partial charge in [-0.1, -0.05) is 0 Å². The Labute approximate surface area is 64.8 Å². The topological polar surface area (TPSA) is 78.4 Å². The number of rotatable bonds is 4. The van der Waals surface area contributed by atoms with Gasteiger partial charge in [0.15, 0.2) is 0 Å². The highest BCUT2D eigenvalue weighted by atomic mass is 16.3. The Kier molecular flexibility index (Phi) is 5.10. The van der Waals surface area contributed by atoms with Crippen molar-refractivity contribution in [1.29, 1.82) is 0 Å². The van der Waals surface area contributed by atoms with Crippen LogP contribution < -0.4 is 10.6 Å². The first-order valence-corrected chi connectivity index (χ1v) is 3.29. The molecule has 0 aliphatic carbocycles. The maximum absolute atomic E-state index is 10.7. The molecule has 64 valence electrons. The van der Waals surface area contributed by atoms with Crippen LogP contribution >= 0.6 is 0 Å². The normalized spacial score (nSPS) is 8.91. The molecular formula is C6H12N2O3. The second-order valence-electron chi connectivity index (χ2n) is 1.92. The standard InChI is InChI=1S/C6H12N2O3/c1-7-5(10)4-6(11)8-2-3-9/h9H,2-4H2,1H3,(H,7,10)(H,8,11). The summed E-state index contributed by atoms with van der Waals surface area (Å²) in [6.07, 6.45) is -0.184. The van der Waals surface area contributed by atoms with Gasteiger partial charge < -0.3 is 15.7 Å². The molecule has 5 heteroatoms. The van der Waals surface area contributed by atoms with E-state index in [4.69, 9.17) is 5.11 Å². The Balaban J connectivity index is 3.44. The average molecular weight is 160 g/mol. The van der Waals surface area contributed by atoms with Crippen molar-refractivity contribution in [3.8, 4) is 0 Å². The van der Waals surface area contributed by atoms with Gasteiger partial charge in [0.25, 0.3) is 0 Å². The molecule has 0 aliphatic heterocycles. The minimum atomic E-state index is -0.376. The first-order valence-electron chi connectivity index (χ1n) is 3.29. The molecule has 0 unspecified atom stereocenters. The number of carbonyl (C=O) groups excluding carboxylic acids is 2. The fourth-order valence-corrected chi connectivity index (χ4v) is 0.492. The number of nitrogens with one attached hydrogen (secondary N) is 2. The molecule has 0 aromatic carbocycles. The van der Waals surface area contributed by atoms with Crippen LogP contribution in [0.5, 0.6) is 0 Å². The van der Waals surface area contributed by atoms with E-state index in [1.807, 2.05) is 0 Å². The summed E-state index contributed by atoms with van der Waals surface area (Å²) in [6.45, 7) is 0.0787. The number of amides is 2. The summed E-state index contributed by atoms with van der Waals surface area (Å²) in [5.41, 5.74) is 0. The van der Waals surface area contributed by atoms with Gasteiger partial charge in [0.2, 0.25) is 11.8 Å². The lowest BCUT2D eigenvalue weighted by Gasteiger charge is -2.00. The lowest BCUT2D eigenvalue weighted by atomic mass is 10.4. The van der Waals surface area contributed by atoms with Crippen molar-refractivity contribution in [2.75, 3.05) is 20.2 Å². The number of hydrogen-bond acceptors (Lipinski definition) is 3. The van der Waals surface area contributed by atoms with Gasteiger partial charge in [0, 0.05) is 13.6 Å². The zero-order valence-electron chi connectivity index (χ0n) is 6.39. The molecule has 0 radical (unpaired) electrons. The Morgan fingerprint density at radius 2 is 2.00 bits per heavy atom. The van der Waals surface area contributed by atoms with E-state index in [0.29, 0.717) is 0 Å². The van der Waals surface area contributed by atoms with Crippen LogP contribution in [-0.4, -0.2) is 37.1 Å². The van der Waals surface area contributed by atoms with Crippen LogP contribution in [0.1, 0.15) is 6.42 Å². The van der Waals surface area contributed by atoms with Crippen molar-refractivity contribution in [1.82, 2.24) is 10.6 Å². The summed E-state index contributed by atoms with van der Waals surface area (Å²) in [4.78, 5) is 21.2. The molecule has 2 amide bonds. The van der Waals surface area contributed by atoms with Gasteiger partial charge >= 0.3 is 0 Å². The average Bonchev–Trinajstić information content (AvgIpc) is 2.00. The maximum atomic E-state index is 10.7. The number of carbonyl (C=O) groups is 2. The minimum Gasteiger partial charge on any atom is -0.395 e. The predicted octanol–water partition coefficient (Wildman–Crippen LogP) is -1.77. The molecule has 0 bridgehead atoms. The van der Waals surface area contributed by atoms with E-state index in [0.717, 1.165) is 0 Å². The largest absolute Gasteiger partial charge is 0.395 e. The van der Waals surface area contributed by atoms with Gasteiger partial charge in [-0.3, -0.25) is 9.59 Å². The second kappa shape index (κ2) is 5.67. The van der Waals surface area contributed by atoms with Crippen LogP contribution in [0, 0.1) is 0 Å². The summed E-state index contributed by atoms with van der Waals surface area (Å²) < 4.78 is 0. The van der Waals surface area contributed by atoms with Crippen LogP contribution in [0.3, 0.4) is 0 Å². The lowest BCUT2D eigenvalue weighted by molar-refractivity contribution is -0.129. The Bertz CT molecular complexity index is 147. The molecule has 3 N–H and O–H groups in total. The predicted molar refractivity (Wildman–Crippen MR) is 38.8 cm³/mol. The fourth-order valence-electron chi connectivity index (χ4n) is 0.492. The van der Waals surface area contributed by atoms with Crippen molar-refractivity contribution < 1.29 is 14.7 Å². The van der Waals surface area contributed by atoms with Crippen molar-refractivity contribution in [2.45, 2.75) is 6.42 Å². The van der Waals surface area contributed by atoms with Crippen LogP contribution in [0.4, 0.5) is 0 Å². The summed E-state index contributed by atoms with van der Waals surface area (Å²) >= 11 is 0. The van der Waals surface area contributed by atoms with E-state index in [1.54, 1.807) is 0 Å². The Morgan fingerprint density at radius 3 is 2.45 bits per heavy atom. The number of aliphatic hydroxyl groups is 1. The molecule has 0 saturated heterocycles. The van der Waals surface area contributed by atoms with Gasteiger partial charge in [0.05, 0.1) is 6.61 Å². The highest BCUT2D eigenvalue weighted by Crippen LogP contribution is 1.77. The molecule has 0 atom stereocenters. The van der Waals surface area contributed by atoms with E-state index < -0.39 is 0 Å². The van der Waals surface area contributed by atoms with Crippen LogP contribution in [0.15, 0.2) is 0 Å². The molecule has 0 rings (SSSR count). The third-order valence-electron chi connectivity index (χ3n) is 1.03. The maximum Gasteiger partial charge on any atom is 0.229 e. The minimum absolute atomic E-state index is 0.112. The highest BCUT2D eigenvalue weighted by molar-refractivity contribution is 5.96. The molecule has 0 fully saturated rings. The van der Waals surface area contributed by atoms with Crippen LogP contribution in [0.25, 0.3) is 0 Å². The quantitative estimate of drug-likeness (QED) is 0.426. The SMILES string of the molecule is CNC(=O)CC(=O)NCCO. The van der Waals surface area contributed by atoms with Gasteiger partial charge in [-0.15, -0.1) is 0 Å². The van der Waals surface area contributed by atoms with Crippen LogP contribution in [0.2, 0.25) is 0 Å². The lowest BCUT2D eigenvalue weighted by Crippen LogP contribution is -2.31. The molecular weight excluding hydrogens is 148 g/mol. The van der Waals surface area contributed by atoms with Crippen LogP contribution in [-0.2, 0) is 9.59 Å². The molecule has 11 heavy (non-hydrogen) atoms. The van der Waals surface area contributed by atoms with E-state index in [9.17, 15) is 9.59 Å². The summed E-state index contributed by atoms with van der Waals surface area (Å²) in [5.74, 6) is -0.709. The smallest absolute Gasteiger partial charge is 0.229 e. The van der Waals surface area contributed by atoms with Crippen molar-refractivity contribution in [3.05, 3.63) is 0 Å². The van der Waals surface area contributed by atoms with E-state index >= 15 is 0 Å². The highest BCUT2D eigenvalue weighted by Gasteiger charge is 2.05. The van der Waals surface area contributed by atoms with Crippen molar-refractivity contribution in [3.63, 3.8) is 0 Å². The number of hydrogen-bond donors (Lipinski definition) is 3. The first kappa shape index (κ1) is 9.90. The van der Waals surface area contributed by atoms with E-state index in [2.05, 4.69) is 10.6 Å². The van der Waals surface area contributed by atoms with E-state index in [1.165, 1.54) is 7.05 Å². The molecule has 0 aliphatic rings. The first-order chi connectivity index (χ1) is 5.20. The number of aliphatic hydroxyl groups excluding tert-OH is 1. The molecule has 0 aromatic heterocycles. The molecule has 5 nitrogen and oxygen atoms in total. The summed E-state index contributed by atoms with van der Waals surface area (Å²) in [7, 11) is 1.46. The van der Waals surface area contributed by atoms with Gasteiger partial charge in [-0.2, -0.15) is 0 Å². The molecule has 0 saturated carbocycles. The van der Waals surface area contributed by atoms with Crippen molar-refractivity contribution in [2.24, 2.45) is 0 Å².